The smallest absolute Gasteiger partial charge is 0.210 e. The summed E-state index contributed by atoms with van der Waals surface area (Å²) in [6.45, 7) is 3.41. The summed E-state index contributed by atoms with van der Waals surface area (Å²) in [5, 5.41) is 0.977. The summed E-state index contributed by atoms with van der Waals surface area (Å²) in [7, 11) is 0. The lowest BCUT2D eigenvalue weighted by Crippen LogP contribution is -2.36. The molecule has 6 heteroatoms. The second kappa shape index (κ2) is 3.68. The van der Waals surface area contributed by atoms with Crippen molar-refractivity contribution in [3.8, 4) is 0 Å². The van der Waals surface area contributed by atoms with Gasteiger partial charge in [0.2, 0.25) is 9.87 Å². The van der Waals surface area contributed by atoms with Gasteiger partial charge in [0.25, 0.3) is 0 Å². The van der Waals surface area contributed by atoms with Crippen molar-refractivity contribution in [3.63, 3.8) is 0 Å². The Bertz CT molecular complexity index is 261. The summed E-state index contributed by atoms with van der Waals surface area (Å²) in [6, 6.07) is 0. The number of halogens is 1. The molecule has 0 aliphatic carbocycles. The van der Waals surface area contributed by atoms with Gasteiger partial charge in [0, 0.05) is 24.6 Å². The fourth-order valence-corrected chi connectivity index (χ4v) is 2.21. The quantitative estimate of drug-likeness (QED) is 0.749. The third-order valence-corrected chi connectivity index (χ3v) is 3.04. The third-order valence-electron chi connectivity index (χ3n) is 1.67. The van der Waals surface area contributed by atoms with Crippen molar-refractivity contribution in [2.75, 3.05) is 31.2 Å². The molecule has 0 unspecified atom stereocenters. The van der Waals surface area contributed by atoms with E-state index in [0.29, 0.717) is 4.73 Å². The van der Waals surface area contributed by atoms with Crippen LogP contribution in [-0.4, -0.2) is 35.7 Å². The lowest BCUT2D eigenvalue weighted by molar-refractivity contribution is 0.122. The van der Waals surface area contributed by atoms with E-state index in [4.69, 9.17) is 4.74 Å². The maximum absolute atomic E-state index is 5.23. The molecule has 0 amide bonds. The van der Waals surface area contributed by atoms with Gasteiger partial charge >= 0.3 is 0 Å². The zero-order valence-corrected chi connectivity index (χ0v) is 8.77. The predicted molar refractivity (Wildman–Crippen MR) is 50.6 cm³/mol. The minimum atomic E-state index is 0.675. The van der Waals surface area contributed by atoms with Crippen LogP contribution in [0.5, 0.6) is 0 Å². The standard InChI is InChI=1S/C6H8BrN3OS/c7-5-8-6(12-9-5)10-1-3-11-4-2-10/h1-4H2. The Hall–Kier alpha value is -0.200. The maximum atomic E-state index is 5.23. The number of hydrogen-bond donors (Lipinski definition) is 0. The molecule has 0 radical (unpaired) electrons. The topological polar surface area (TPSA) is 38.2 Å². The molecule has 0 aromatic carbocycles. The van der Waals surface area contributed by atoms with Crippen LogP contribution in [-0.2, 0) is 4.74 Å². The number of anilines is 1. The molecule has 2 heterocycles. The highest BCUT2D eigenvalue weighted by atomic mass is 79.9. The number of morpholine rings is 1. The fourth-order valence-electron chi connectivity index (χ4n) is 1.08. The normalized spacial score (nSPS) is 18.2. The lowest BCUT2D eigenvalue weighted by atomic mass is 10.5. The van der Waals surface area contributed by atoms with E-state index in [0.717, 1.165) is 31.4 Å². The minimum absolute atomic E-state index is 0.675. The van der Waals surface area contributed by atoms with Crippen molar-refractivity contribution < 1.29 is 4.74 Å². The largest absolute Gasteiger partial charge is 0.378 e. The molecule has 0 spiro atoms. The summed E-state index contributed by atoms with van der Waals surface area (Å²) in [6.07, 6.45) is 0. The number of aromatic nitrogens is 2. The van der Waals surface area contributed by atoms with Crippen LogP contribution >= 0.6 is 27.5 Å². The van der Waals surface area contributed by atoms with Gasteiger partial charge in [0.05, 0.1) is 13.2 Å². The van der Waals surface area contributed by atoms with E-state index in [1.165, 1.54) is 11.5 Å². The molecule has 1 fully saturated rings. The van der Waals surface area contributed by atoms with Crippen LogP contribution in [0.25, 0.3) is 0 Å². The molecule has 1 aliphatic rings. The molecule has 12 heavy (non-hydrogen) atoms. The van der Waals surface area contributed by atoms with Crippen molar-refractivity contribution in [1.82, 2.24) is 9.36 Å². The van der Waals surface area contributed by atoms with Crippen molar-refractivity contribution in [1.29, 1.82) is 0 Å². The molecule has 1 saturated heterocycles. The van der Waals surface area contributed by atoms with E-state index in [1.807, 2.05) is 0 Å². The molecule has 0 bridgehead atoms. The summed E-state index contributed by atoms with van der Waals surface area (Å²) in [5.41, 5.74) is 0. The third kappa shape index (κ3) is 1.75. The van der Waals surface area contributed by atoms with Crippen LogP contribution in [0.15, 0.2) is 4.73 Å². The van der Waals surface area contributed by atoms with E-state index < -0.39 is 0 Å². The minimum Gasteiger partial charge on any atom is -0.378 e. The molecule has 0 N–H and O–H groups in total. The Labute approximate surface area is 82.8 Å². The summed E-state index contributed by atoms with van der Waals surface area (Å²) in [4.78, 5) is 6.42. The first-order valence-electron chi connectivity index (χ1n) is 3.68. The van der Waals surface area contributed by atoms with Gasteiger partial charge in [-0.1, -0.05) is 0 Å². The van der Waals surface area contributed by atoms with E-state index in [9.17, 15) is 0 Å². The van der Waals surface area contributed by atoms with E-state index in [1.54, 1.807) is 0 Å². The first-order valence-corrected chi connectivity index (χ1v) is 5.25. The molecule has 66 valence electrons. The Morgan fingerprint density at radius 1 is 1.42 bits per heavy atom. The molecular weight excluding hydrogens is 242 g/mol. The van der Waals surface area contributed by atoms with Gasteiger partial charge in [0.1, 0.15) is 0 Å². The van der Waals surface area contributed by atoms with Gasteiger partial charge < -0.3 is 9.64 Å². The molecule has 1 aromatic rings. The highest BCUT2D eigenvalue weighted by Crippen LogP contribution is 2.20. The Morgan fingerprint density at radius 2 is 2.17 bits per heavy atom. The Kier molecular flexibility index (Phi) is 2.57. The zero-order chi connectivity index (χ0) is 8.39. The number of nitrogens with zero attached hydrogens (tertiary/aromatic N) is 3. The average Bonchev–Trinajstić information content (AvgIpc) is 2.54. The molecule has 2 rings (SSSR count). The first-order chi connectivity index (χ1) is 5.86. The number of ether oxygens (including phenoxy) is 1. The first kappa shape index (κ1) is 8.40. The van der Waals surface area contributed by atoms with Gasteiger partial charge in [-0.15, -0.1) is 0 Å². The van der Waals surface area contributed by atoms with Crippen molar-refractivity contribution in [3.05, 3.63) is 4.73 Å². The summed E-state index contributed by atoms with van der Waals surface area (Å²) >= 11 is 4.65. The molecular formula is C6H8BrN3OS. The van der Waals surface area contributed by atoms with Gasteiger partial charge in [-0.05, 0) is 15.9 Å². The second-order valence-corrected chi connectivity index (χ2v) is 3.88. The number of hydrogen-bond acceptors (Lipinski definition) is 5. The monoisotopic (exact) mass is 249 g/mol. The fraction of sp³-hybridized carbons (Fsp3) is 0.667. The molecule has 4 nitrogen and oxygen atoms in total. The van der Waals surface area contributed by atoms with Crippen LogP contribution in [0.1, 0.15) is 0 Å². The summed E-state index contributed by atoms with van der Waals surface area (Å²) in [5.74, 6) is 0. The van der Waals surface area contributed by atoms with Gasteiger partial charge in [-0.3, -0.25) is 0 Å². The van der Waals surface area contributed by atoms with Crippen LogP contribution in [0, 0.1) is 0 Å². The van der Waals surface area contributed by atoms with Crippen LogP contribution < -0.4 is 4.90 Å². The predicted octanol–water partition coefficient (Wildman–Crippen LogP) is 1.14. The molecule has 1 aromatic heterocycles. The molecule has 0 saturated carbocycles. The second-order valence-electron chi connectivity index (χ2n) is 2.45. The van der Waals surface area contributed by atoms with E-state index in [-0.39, 0.29) is 0 Å². The number of rotatable bonds is 1. The highest BCUT2D eigenvalue weighted by molar-refractivity contribution is 9.10. The molecule has 1 aliphatic heterocycles. The average molecular weight is 250 g/mol. The van der Waals surface area contributed by atoms with E-state index in [2.05, 4.69) is 30.2 Å². The van der Waals surface area contributed by atoms with Gasteiger partial charge in [0.15, 0.2) is 0 Å². The van der Waals surface area contributed by atoms with Crippen molar-refractivity contribution in [2.45, 2.75) is 0 Å². The maximum Gasteiger partial charge on any atom is 0.210 e. The summed E-state index contributed by atoms with van der Waals surface area (Å²) < 4.78 is 9.96. The highest BCUT2D eigenvalue weighted by Gasteiger charge is 2.14. The van der Waals surface area contributed by atoms with E-state index >= 15 is 0 Å². The Morgan fingerprint density at radius 3 is 2.75 bits per heavy atom. The molecule has 0 atom stereocenters. The zero-order valence-electron chi connectivity index (χ0n) is 6.36. The van der Waals surface area contributed by atoms with Crippen LogP contribution in [0.4, 0.5) is 5.13 Å². The lowest BCUT2D eigenvalue weighted by Gasteiger charge is -2.25. The van der Waals surface area contributed by atoms with Crippen molar-refractivity contribution >= 4 is 32.6 Å². The van der Waals surface area contributed by atoms with Crippen LogP contribution in [0.2, 0.25) is 0 Å². The Balaban J connectivity index is 2.08. The van der Waals surface area contributed by atoms with Gasteiger partial charge in [-0.2, -0.15) is 9.36 Å². The van der Waals surface area contributed by atoms with Crippen molar-refractivity contribution in [2.24, 2.45) is 0 Å². The SMILES string of the molecule is Brc1nsc(N2CCOCC2)n1. The van der Waals surface area contributed by atoms with Crippen LogP contribution in [0.3, 0.4) is 0 Å². The van der Waals surface area contributed by atoms with Gasteiger partial charge in [-0.25, -0.2) is 0 Å².